The molecule has 4 N–H and O–H groups in total. The topological polar surface area (TPSA) is 252 Å². The molecule has 2 spiro atoms. The second-order valence-electron chi connectivity index (χ2n) is 26.0. The molecule has 4 amide bonds. The number of nitrogens with zero attached hydrogens (tertiary/aromatic N) is 4. The third-order valence-corrected chi connectivity index (χ3v) is 22.1. The maximum Gasteiger partial charge on any atom is 0.405 e. The van der Waals surface area contributed by atoms with Crippen LogP contribution in [0.1, 0.15) is 138 Å². The van der Waals surface area contributed by atoms with Gasteiger partial charge in [-0.2, -0.15) is 26.3 Å². The number of benzene rings is 6. The summed E-state index contributed by atoms with van der Waals surface area (Å²) in [6.07, 6.45) is -5.52. The van der Waals surface area contributed by atoms with Gasteiger partial charge in [0.25, 0.3) is 17.7 Å². The number of halogens is 7. The van der Waals surface area contributed by atoms with Gasteiger partial charge in [0.15, 0.2) is 0 Å². The second kappa shape index (κ2) is 30.2. The number of esters is 1. The van der Waals surface area contributed by atoms with E-state index in [1.165, 1.54) is 66.7 Å². The van der Waals surface area contributed by atoms with E-state index in [2.05, 4.69) is 27.8 Å². The minimum absolute atomic E-state index is 0.0176. The zero-order valence-corrected chi connectivity index (χ0v) is 59.4. The van der Waals surface area contributed by atoms with E-state index in [1.54, 1.807) is 24.3 Å². The molecule has 0 saturated carbocycles. The smallest absolute Gasteiger partial charge is 0.405 e. The van der Waals surface area contributed by atoms with Gasteiger partial charge >= 0.3 is 18.3 Å². The van der Waals surface area contributed by atoms with E-state index in [4.69, 9.17) is 30.5 Å². The first-order valence-electron chi connectivity index (χ1n) is 32.9. The monoisotopic (exact) mass is 1480 g/mol. The van der Waals surface area contributed by atoms with Gasteiger partial charge in [-0.15, -0.1) is 11.6 Å². The highest BCUT2D eigenvalue weighted by molar-refractivity contribution is 7.90. The lowest BCUT2D eigenvalue weighted by Crippen LogP contribution is -2.54. The van der Waals surface area contributed by atoms with Gasteiger partial charge in [0.1, 0.15) is 42.3 Å². The van der Waals surface area contributed by atoms with Gasteiger partial charge in [-0.1, -0.05) is 63.6 Å². The van der Waals surface area contributed by atoms with Crippen LogP contribution in [0.2, 0.25) is 0 Å². The van der Waals surface area contributed by atoms with E-state index in [0.717, 1.165) is 53.5 Å². The standard InChI is InChI=1S/C72H79ClF6N8O13S2/c1-8-30-99-67(92)46-16-22-52-58(38-46)71(53-25-19-49(84(4)5)41-59(53)68(2,3)60-42-50(85(6)7)20-26-54(60)71)86(65(52)90)102(95,96)36-29-80-63(88)14-13-35-101(93,94)87-66(91)51-21-15-45(64(89)81-28-32-98-34-33-97-31-12-10-9-11-27-73)37-57(51)72(87)55-23-17-47(82-43-69(74,75)76)39-61(55)100-62-40-48(18-24-56(62)72)83-44-70(77,78)79/h8,15-26,37-42,82-83H,1,9-14,27-36,43-44H2,2-7H3,(H,80,88)(H,81,89). The lowest BCUT2D eigenvalue weighted by Gasteiger charge is -2.49. The number of hydrogen-bond acceptors (Lipinski definition) is 17. The summed E-state index contributed by atoms with van der Waals surface area (Å²) in [6, 6.07) is 25.9. The van der Waals surface area contributed by atoms with E-state index in [1.807, 2.05) is 64.0 Å². The molecule has 0 atom stereocenters. The van der Waals surface area contributed by atoms with Crippen molar-refractivity contribution in [2.45, 2.75) is 81.2 Å². The Kier molecular flexibility index (Phi) is 22.4. The first-order valence-corrected chi connectivity index (χ1v) is 36.7. The maximum absolute atomic E-state index is 15.6. The van der Waals surface area contributed by atoms with Gasteiger partial charge < -0.3 is 50.0 Å². The summed E-state index contributed by atoms with van der Waals surface area (Å²) in [5, 5.41) is 9.75. The van der Waals surface area contributed by atoms with Crippen molar-refractivity contribution in [2.24, 2.45) is 0 Å². The van der Waals surface area contributed by atoms with Crippen molar-refractivity contribution in [3.05, 3.63) is 189 Å². The molecule has 0 aromatic heterocycles. The first-order chi connectivity index (χ1) is 48.2. The van der Waals surface area contributed by atoms with Crippen molar-refractivity contribution in [3.63, 3.8) is 0 Å². The Labute approximate surface area is 592 Å². The lowest BCUT2D eigenvalue weighted by molar-refractivity contribution is -0.121. The summed E-state index contributed by atoms with van der Waals surface area (Å²) in [5.74, 6) is -6.39. The Balaban J connectivity index is 0.948. The summed E-state index contributed by atoms with van der Waals surface area (Å²) in [7, 11) is -2.58. The van der Waals surface area contributed by atoms with Crippen LogP contribution in [0.5, 0.6) is 11.5 Å². The van der Waals surface area contributed by atoms with Crippen molar-refractivity contribution in [1.82, 2.24) is 19.2 Å². The molecule has 4 aliphatic rings. The van der Waals surface area contributed by atoms with Crippen molar-refractivity contribution in [2.75, 3.05) is 125 Å². The Hall–Kier alpha value is -8.90. The van der Waals surface area contributed by atoms with Gasteiger partial charge in [0.2, 0.25) is 26.0 Å². The summed E-state index contributed by atoms with van der Waals surface area (Å²) in [6.45, 7) is 4.82. The zero-order valence-electron chi connectivity index (χ0n) is 57.0. The molecule has 102 heavy (non-hydrogen) atoms. The molecule has 30 heteroatoms. The second-order valence-corrected chi connectivity index (χ2v) is 30.2. The number of unbranched alkanes of at least 4 members (excludes halogenated alkanes) is 3. The van der Waals surface area contributed by atoms with Crippen LogP contribution in [0, 0.1) is 0 Å². The SMILES string of the molecule is C=CCOC(=O)c1ccc2c(c1)C1(c3ccc(N(C)C)cc3C(C)(C)c3cc(N(C)C)ccc31)N(S(=O)(=O)CCNC(=O)CCCS(=O)(=O)N1C(=O)c3ccc(C(=O)NCCOCCOCCCCCCCl)cc3C13c1ccc(NCC(F)(F)F)cc1Oc1cc(NCC(F)(F)F)ccc13)C2=O. The molecule has 6 aromatic carbocycles. The normalized spacial score (nSPS) is 15.1. The molecule has 3 heterocycles. The summed E-state index contributed by atoms with van der Waals surface area (Å²) >= 11 is 5.75. The van der Waals surface area contributed by atoms with Gasteiger partial charge in [0.05, 0.1) is 36.9 Å². The number of hydrogen-bond donors (Lipinski definition) is 4. The molecule has 546 valence electrons. The maximum atomic E-state index is 15.6. The fraction of sp³-hybridized carbons (Fsp3) is 0.403. The molecule has 0 unspecified atom stereocenters. The fourth-order valence-electron chi connectivity index (χ4n) is 13.6. The van der Waals surface area contributed by atoms with Crippen molar-refractivity contribution < 1.29 is 86.1 Å². The largest absolute Gasteiger partial charge is 0.458 e. The van der Waals surface area contributed by atoms with E-state index < -0.39 is 122 Å². The summed E-state index contributed by atoms with van der Waals surface area (Å²) in [5.41, 5.74) is -2.62. The molecule has 6 aromatic rings. The Bertz CT molecular complexity index is 4350. The molecule has 21 nitrogen and oxygen atoms in total. The molecule has 3 aliphatic heterocycles. The fourth-order valence-corrected chi connectivity index (χ4v) is 17.1. The molecule has 0 radical (unpaired) electrons. The quantitative estimate of drug-likeness (QED) is 0.0104. The molecule has 1 aliphatic carbocycles. The number of sulfonamides is 2. The predicted octanol–water partition coefficient (Wildman–Crippen LogP) is 11.2. The number of ether oxygens (including phenoxy) is 4. The minimum Gasteiger partial charge on any atom is -0.458 e. The number of carbonyl (C=O) groups is 5. The van der Waals surface area contributed by atoms with Crippen LogP contribution < -0.4 is 35.8 Å². The highest BCUT2D eigenvalue weighted by atomic mass is 35.5. The van der Waals surface area contributed by atoms with Crippen LogP contribution in [-0.2, 0) is 55.5 Å². The third kappa shape index (κ3) is 15.1. The highest BCUT2D eigenvalue weighted by Crippen LogP contribution is 2.62. The number of amides is 4. The zero-order chi connectivity index (χ0) is 73.9. The van der Waals surface area contributed by atoms with E-state index in [0.29, 0.717) is 45.7 Å². The molecule has 0 saturated heterocycles. The van der Waals surface area contributed by atoms with Crippen LogP contribution in [0.15, 0.2) is 122 Å². The van der Waals surface area contributed by atoms with E-state index in [9.17, 15) is 40.7 Å². The number of alkyl halides is 7. The van der Waals surface area contributed by atoms with Crippen molar-refractivity contribution in [1.29, 1.82) is 0 Å². The number of nitrogens with one attached hydrogen (secondary N) is 4. The molecule has 10 rings (SSSR count). The van der Waals surface area contributed by atoms with Crippen LogP contribution in [0.4, 0.5) is 49.1 Å². The van der Waals surface area contributed by atoms with Gasteiger partial charge in [-0.25, -0.2) is 30.2 Å². The summed E-state index contributed by atoms with van der Waals surface area (Å²) in [4.78, 5) is 76.1. The Morgan fingerprint density at radius 3 is 1.58 bits per heavy atom. The number of anilines is 4. The van der Waals surface area contributed by atoms with Crippen LogP contribution in [0.25, 0.3) is 0 Å². The highest BCUT2D eigenvalue weighted by Gasteiger charge is 2.63. The van der Waals surface area contributed by atoms with Crippen molar-refractivity contribution in [3.8, 4) is 11.5 Å². The molecule has 0 fully saturated rings. The molecular formula is C72H79ClF6N8O13S2. The summed E-state index contributed by atoms with van der Waals surface area (Å²) < 4.78 is 168. The van der Waals surface area contributed by atoms with Crippen molar-refractivity contribution >= 4 is 84.0 Å². The van der Waals surface area contributed by atoms with Gasteiger partial charge in [0, 0.05) is 139 Å². The number of carbonyl (C=O) groups excluding carboxylic acids is 5. The minimum atomic E-state index is -5.09. The number of fused-ring (bicyclic) bond motifs is 12. The predicted molar refractivity (Wildman–Crippen MR) is 374 cm³/mol. The van der Waals surface area contributed by atoms with Gasteiger partial charge in [-0.05, 0) is 114 Å². The van der Waals surface area contributed by atoms with Crippen LogP contribution >= 0.6 is 11.6 Å². The number of rotatable bonds is 31. The average molecular weight is 1480 g/mol. The average Bonchev–Trinajstić information content (AvgIpc) is 1.43. The Morgan fingerprint density at radius 1 is 0.569 bits per heavy atom. The van der Waals surface area contributed by atoms with Crippen LogP contribution in [-0.4, -0.2) is 172 Å². The van der Waals surface area contributed by atoms with Gasteiger partial charge in [-0.3, -0.25) is 19.2 Å². The van der Waals surface area contributed by atoms with Crippen LogP contribution in [0.3, 0.4) is 0 Å². The molecule has 0 bridgehead atoms. The third-order valence-electron chi connectivity index (χ3n) is 18.3. The molecular weight excluding hydrogens is 1400 g/mol. The van der Waals surface area contributed by atoms with E-state index >= 15 is 26.4 Å². The Morgan fingerprint density at radius 2 is 1.06 bits per heavy atom. The first kappa shape index (κ1) is 75.8. The van der Waals surface area contributed by atoms with E-state index in [-0.39, 0.29) is 93.7 Å². The lowest BCUT2D eigenvalue weighted by atomic mass is 9.60.